The van der Waals surface area contributed by atoms with Crippen molar-refractivity contribution in [3.63, 3.8) is 0 Å². The Morgan fingerprint density at radius 1 is 0.930 bits per heavy atom. The summed E-state index contributed by atoms with van der Waals surface area (Å²) in [7, 11) is 0. The van der Waals surface area contributed by atoms with Crippen LogP contribution in [0.1, 0.15) is 21.5 Å². The summed E-state index contributed by atoms with van der Waals surface area (Å²) in [5, 5.41) is 13.0. The maximum absolute atomic E-state index is 12.9. The van der Waals surface area contributed by atoms with E-state index < -0.39 is 0 Å². The van der Waals surface area contributed by atoms with Crippen LogP contribution in [0.25, 0.3) is 22.0 Å². The molecule has 0 saturated heterocycles. The molecule has 0 aliphatic carbocycles. The molecule has 0 saturated carbocycles. The summed E-state index contributed by atoms with van der Waals surface area (Å²) in [6.45, 7) is 0.406. The average Bonchev–Trinajstić information content (AvgIpc) is 3.51. The van der Waals surface area contributed by atoms with Crippen LogP contribution in [0, 0.1) is 0 Å². The third kappa shape index (κ3) is 7.11. The highest BCUT2D eigenvalue weighted by Crippen LogP contribution is 2.29. The highest BCUT2D eigenvalue weighted by Gasteiger charge is 2.10. The minimum atomic E-state index is -0.316. The number of benzene rings is 5. The van der Waals surface area contributed by atoms with Crippen LogP contribution >= 0.6 is 38.9 Å². The monoisotopic (exact) mass is 666 g/mol. The summed E-state index contributed by atoms with van der Waals surface area (Å²) < 4.78 is 7.19. The summed E-state index contributed by atoms with van der Waals surface area (Å²) in [5.41, 5.74) is 7.60. The van der Waals surface area contributed by atoms with Gasteiger partial charge in [-0.15, -0.1) is 11.3 Å². The van der Waals surface area contributed by atoms with Crippen molar-refractivity contribution < 1.29 is 9.53 Å². The van der Waals surface area contributed by atoms with Crippen molar-refractivity contribution in [2.75, 3.05) is 5.32 Å². The van der Waals surface area contributed by atoms with Crippen LogP contribution in [0.3, 0.4) is 0 Å². The molecule has 0 unspecified atom stereocenters. The van der Waals surface area contributed by atoms with Crippen LogP contribution in [-0.2, 0) is 6.61 Å². The summed E-state index contributed by atoms with van der Waals surface area (Å²) in [6.07, 6.45) is 1.63. The number of halogens is 2. The molecule has 0 aliphatic heterocycles. The summed E-state index contributed by atoms with van der Waals surface area (Å²) in [6, 6.07) is 34.7. The summed E-state index contributed by atoms with van der Waals surface area (Å²) in [4.78, 5) is 17.6. The lowest BCUT2D eigenvalue weighted by Gasteiger charge is -2.12. The van der Waals surface area contributed by atoms with Gasteiger partial charge in [-0.3, -0.25) is 4.79 Å². The van der Waals surface area contributed by atoms with E-state index in [2.05, 4.69) is 36.8 Å². The van der Waals surface area contributed by atoms with Gasteiger partial charge in [-0.25, -0.2) is 10.4 Å². The molecule has 6 nitrogen and oxygen atoms in total. The van der Waals surface area contributed by atoms with Crippen molar-refractivity contribution in [2.24, 2.45) is 5.10 Å². The van der Waals surface area contributed by atoms with Gasteiger partial charge in [-0.1, -0.05) is 82.1 Å². The molecule has 212 valence electrons. The zero-order chi connectivity index (χ0) is 29.6. The molecule has 6 aromatic rings. The number of nitrogens with one attached hydrogen (secondary N) is 2. The fourth-order valence-corrected chi connectivity index (χ4v) is 5.54. The molecule has 6 rings (SSSR count). The molecule has 5 aromatic carbocycles. The average molecular weight is 668 g/mol. The quantitative estimate of drug-likeness (QED) is 0.119. The van der Waals surface area contributed by atoms with Gasteiger partial charge in [0.1, 0.15) is 12.4 Å². The van der Waals surface area contributed by atoms with Gasteiger partial charge in [0, 0.05) is 37.3 Å². The Bertz CT molecular complexity index is 1910. The number of thiazole rings is 1. The third-order valence-electron chi connectivity index (χ3n) is 6.64. The zero-order valence-electron chi connectivity index (χ0n) is 22.6. The number of carbonyl (C=O) groups is 1. The zero-order valence-corrected chi connectivity index (χ0v) is 25.8. The van der Waals surface area contributed by atoms with E-state index in [4.69, 9.17) is 16.3 Å². The second kappa shape index (κ2) is 13.2. The van der Waals surface area contributed by atoms with Crippen molar-refractivity contribution in [3.05, 3.63) is 141 Å². The lowest BCUT2D eigenvalue weighted by atomic mass is 10.0. The number of anilines is 2. The molecule has 0 radical (unpaired) electrons. The first-order valence-corrected chi connectivity index (χ1v) is 15.4. The topological polar surface area (TPSA) is 75.6 Å². The van der Waals surface area contributed by atoms with Crippen LogP contribution in [0.4, 0.5) is 10.8 Å². The minimum absolute atomic E-state index is 0.316. The number of nitrogens with zero attached hydrogens (tertiary/aromatic N) is 2. The van der Waals surface area contributed by atoms with E-state index in [0.29, 0.717) is 22.9 Å². The SMILES string of the molecule is O=C(N/N=C\c1c(OCc2ccc(Br)cc2)ccc2ccccc12)c1ccc(-c2csc(Nc3ccc(Cl)cc3)n2)cc1. The van der Waals surface area contributed by atoms with Crippen molar-refractivity contribution in [1.82, 2.24) is 10.4 Å². The first kappa shape index (κ1) is 28.6. The molecule has 0 spiro atoms. The number of hydrogen-bond acceptors (Lipinski definition) is 6. The molecule has 2 N–H and O–H groups in total. The van der Waals surface area contributed by atoms with E-state index in [-0.39, 0.29) is 5.91 Å². The first-order valence-electron chi connectivity index (χ1n) is 13.3. The van der Waals surface area contributed by atoms with E-state index in [9.17, 15) is 4.79 Å². The fraction of sp³-hybridized carbons (Fsp3) is 0.0294. The molecule has 0 aliphatic rings. The number of fused-ring (bicyclic) bond motifs is 1. The lowest BCUT2D eigenvalue weighted by molar-refractivity contribution is 0.0955. The predicted molar refractivity (Wildman–Crippen MR) is 180 cm³/mol. The predicted octanol–water partition coefficient (Wildman–Crippen LogP) is 9.47. The van der Waals surface area contributed by atoms with Crippen LogP contribution < -0.4 is 15.5 Å². The van der Waals surface area contributed by atoms with Gasteiger partial charge in [0.25, 0.3) is 5.91 Å². The van der Waals surface area contributed by atoms with Crippen LogP contribution in [0.2, 0.25) is 5.02 Å². The van der Waals surface area contributed by atoms with Crippen LogP contribution in [0.15, 0.2) is 124 Å². The molecule has 43 heavy (non-hydrogen) atoms. The highest BCUT2D eigenvalue weighted by atomic mass is 79.9. The van der Waals surface area contributed by atoms with Gasteiger partial charge >= 0.3 is 0 Å². The van der Waals surface area contributed by atoms with Crippen molar-refractivity contribution >= 4 is 72.6 Å². The summed E-state index contributed by atoms with van der Waals surface area (Å²) in [5.74, 6) is 0.362. The number of hydrogen-bond donors (Lipinski definition) is 2. The number of carbonyl (C=O) groups excluding carboxylic acids is 1. The molecule has 1 amide bonds. The standard InChI is InChI=1S/C34H24BrClN4O2S/c35-26-12-5-22(6-13-26)20-42-32-18-11-23-3-1-2-4-29(23)30(32)19-37-40-33(41)25-9-7-24(8-10-25)31-21-43-34(39-31)38-28-16-14-27(36)15-17-28/h1-19,21H,20H2,(H,38,39)(H,40,41)/b37-19-. The molecule has 0 bridgehead atoms. The van der Waals surface area contributed by atoms with Crippen molar-refractivity contribution in [3.8, 4) is 17.0 Å². The number of amides is 1. The van der Waals surface area contributed by atoms with E-state index in [1.807, 2.05) is 102 Å². The van der Waals surface area contributed by atoms with Gasteiger partial charge in [0.05, 0.1) is 11.9 Å². The minimum Gasteiger partial charge on any atom is -0.488 e. The molecule has 0 atom stereocenters. The molecule has 9 heteroatoms. The Hall–Kier alpha value is -4.50. The molecular weight excluding hydrogens is 644 g/mol. The number of hydrazone groups is 1. The Labute approximate surface area is 266 Å². The highest BCUT2D eigenvalue weighted by molar-refractivity contribution is 9.10. The van der Waals surface area contributed by atoms with Gasteiger partial charge in [-0.2, -0.15) is 5.10 Å². The Kier molecular flexibility index (Phi) is 8.79. The van der Waals surface area contributed by atoms with Crippen molar-refractivity contribution in [2.45, 2.75) is 6.61 Å². The van der Waals surface area contributed by atoms with Gasteiger partial charge < -0.3 is 10.1 Å². The van der Waals surface area contributed by atoms with Crippen LogP contribution in [0.5, 0.6) is 5.75 Å². The maximum atomic E-state index is 12.9. The summed E-state index contributed by atoms with van der Waals surface area (Å²) >= 11 is 10.9. The smallest absolute Gasteiger partial charge is 0.271 e. The Morgan fingerprint density at radius 2 is 1.70 bits per heavy atom. The van der Waals surface area contributed by atoms with E-state index >= 15 is 0 Å². The molecular formula is C34H24BrClN4O2S. The molecule has 1 heterocycles. The van der Waals surface area contributed by atoms with E-state index in [1.54, 1.807) is 18.3 Å². The van der Waals surface area contributed by atoms with Crippen LogP contribution in [-0.4, -0.2) is 17.1 Å². The fourth-order valence-electron chi connectivity index (χ4n) is 4.41. The second-order valence-corrected chi connectivity index (χ2v) is 11.8. The van der Waals surface area contributed by atoms with E-state index in [0.717, 1.165) is 48.4 Å². The number of ether oxygens (including phenoxy) is 1. The third-order valence-corrected chi connectivity index (χ3v) is 8.18. The second-order valence-electron chi connectivity index (χ2n) is 9.56. The molecule has 0 fully saturated rings. The van der Waals surface area contributed by atoms with Crippen molar-refractivity contribution in [1.29, 1.82) is 0 Å². The van der Waals surface area contributed by atoms with Gasteiger partial charge in [0.2, 0.25) is 0 Å². The number of aromatic nitrogens is 1. The van der Waals surface area contributed by atoms with Gasteiger partial charge in [0.15, 0.2) is 5.13 Å². The largest absolute Gasteiger partial charge is 0.488 e. The first-order chi connectivity index (χ1) is 21.0. The number of rotatable bonds is 9. The maximum Gasteiger partial charge on any atom is 0.271 e. The lowest BCUT2D eigenvalue weighted by Crippen LogP contribution is -2.17. The normalized spacial score (nSPS) is 11.1. The molecule has 1 aromatic heterocycles. The Morgan fingerprint density at radius 3 is 2.49 bits per heavy atom. The Balaban J connectivity index is 1.13. The van der Waals surface area contributed by atoms with E-state index in [1.165, 1.54) is 11.3 Å². The van der Waals surface area contributed by atoms with Gasteiger partial charge in [-0.05, 0) is 70.9 Å².